The summed E-state index contributed by atoms with van der Waals surface area (Å²) in [4.78, 5) is 13.8. The lowest BCUT2D eigenvalue weighted by Gasteiger charge is -2.17. The zero-order valence-electron chi connectivity index (χ0n) is 10.4. The maximum atomic E-state index is 10.4. The van der Waals surface area contributed by atoms with Crippen LogP contribution in [0.5, 0.6) is 0 Å². The minimum absolute atomic E-state index is 0.0201. The van der Waals surface area contributed by atoms with Gasteiger partial charge in [-0.1, -0.05) is 20.8 Å². The van der Waals surface area contributed by atoms with Crippen LogP contribution in [0, 0.1) is 15.5 Å². The molecule has 6 heteroatoms. The van der Waals surface area contributed by atoms with E-state index in [1.54, 1.807) is 0 Å². The van der Waals surface area contributed by atoms with Gasteiger partial charge in [0.1, 0.15) is 12.0 Å². The topological polar surface area (TPSA) is 80.4 Å². The van der Waals surface area contributed by atoms with Gasteiger partial charge in [0.25, 0.3) is 5.69 Å². The van der Waals surface area contributed by atoms with Gasteiger partial charge in [0, 0.05) is 17.2 Å². The lowest BCUT2D eigenvalue weighted by Crippen LogP contribution is -2.18. The first-order valence-corrected chi connectivity index (χ1v) is 5.22. The van der Waals surface area contributed by atoms with E-state index >= 15 is 0 Å². The van der Waals surface area contributed by atoms with Crippen LogP contribution >= 0.6 is 0 Å². The van der Waals surface area contributed by atoms with E-state index in [0.29, 0.717) is 5.82 Å². The number of hydrogen-bond acceptors (Lipinski definition) is 5. The summed E-state index contributed by atoms with van der Waals surface area (Å²) in [6, 6.07) is 2.91. The summed E-state index contributed by atoms with van der Waals surface area (Å²) >= 11 is 0. The summed E-state index contributed by atoms with van der Waals surface area (Å²) in [6.45, 7) is 8.07. The molecule has 1 aromatic rings. The maximum absolute atomic E-state index is 10.4. The van der Waals surface area contributed by atoms with Crippen LogP contribution in [-0.2, 0) is 0 Å². The molecule has 17 heavy (non-hydrogen) atoms. The molecule has 6 nitrogen and oxygen atoms in total. The van der Waals surface area contributed by atoms with Gasteiger partial charge in [0.05, 0.1) is 4.92 Å². The SMILES string of the molecule is C/C(=N/Nc1ccc([N+](=O)[O-])cn1)C(C)(C)C. The molecule has 0 aliphatic rings. The van der Waals surface area contributed by atoms with Crippen LogP contribution < -0.4 is 5.43 Å². The molecule has 92 valence electrons. The van der Waals surface area contributed by atoms with Crippen LogP contribution in [-0.4, -0.2) is 15.6 Å². The van der Waals surface area contributed by atoms with Crippen molar-refractivity contribution in [3.63, 3.8) is 0 Å². The molecule has 0 radical (unpaired) electrons. The highest BCUT2D eigenvalue weighted by Gasteiger charge is 2.14. The lowest BCUT2D eigenvalue weighted by atomic mass is 9.91. The van der Waals surface area contributed by atoms with Crippen molar-refractivity contribution >= 4 is 17.2 Å². The molecule has 1 N–H and O–H groups in total. The molecule has 0 bridgehead atoms. The summed E-state index contributed by atoms with van der Waals surface area (Å²) in [5.74, 6) is 0.485. The average molecular weight is 236 g/mol. The van der Waals surface area contributed by atoms with Crippen molar-refractivity contribution in [1.82, 2.24) is 4.98 Å². The molecule has 0 saturated heterocycles. The summed E-state index contributed by atoms with van der Waals surface area (Å²) < 4.78 is 0. The number of nitrogens with one attached hydrogen (secondary N) is 1. The number of hydrazone groups is 1. The third-order valence-corrected chi connectivity index (χ3v) is 2.38. The van der Waals surface area contributed by atoms with Gasteiger partial charge >= 0.3 is 0 Å². The van der Waals surface area contributed by atoms with Gasteiger partial charge in [-0.05, 0) is 13.0 Å². The van der Waals surface area contributed by atoms with E-state index in [4.69, 9.17) is 0 Å². The Hall–Kier alpha value is -1.98. The molecule has 0 aliphatic carbocycles. The van der Waals surface area contributed by atoms with Crippen LogP contribution in [0.1, 0.15) is 27.7 Å². The van der Waals surface area contributed by atoms with Crippen molar-refractivity contribution in [2.24, 2.45) is 10.5 Å². The number of hydrogen-bond donors (Lipinski definition) is 1. The summed E-state index contributed by atoms with van der Waals surface area (Å²) in [5, 5.41) is 14.6. The van der Waals surface area contributed by atoms with Crippen molar-refractivity contribution in [2.75, 3.05) is 5.43 Å². The minimum atomic E-state index is -0.486. The van der Waals surface area contributed by atoms with Gasteiger partial charge in [-0.3, -0.25) is 15.5 Å². The van der Waals surface area contributed by atoms with Crippen LogP contribution in [0.25, 0.3) is 0 Å². The third-order valence-electron chi connectivity index (χ3n) is 2.38. The monoisotopic (exact) mass is 236 g/mol. The molecule has 0 aliphatic heterocycles. The summed E-state index contributed by atoms with van der Waals surface area (Å²) in [6.07, 6.45) is 1.20. The first-order valence-electron chi connectivity index (χ1n) is 5.22. The zero-order valence-corrected chi connectivity index (χ0v) is 10.4. The van der Waals surface area contributed by atoms with Gasteiger partial charge in [-0.15, -0.1) is 0 Å². The Kier molecular flexibility index (Phi) is 3.77. The first-order chi connectivity index (χ1) is 7.80. The minimum Gasteiger partial charge on any atom is -0.261 e. The second-order valence-electron chi connectivity index (χ2n) is 4.72. The first kappa shape index (κ1) is 13.1. The fourth-order valence-electron chi connectivity index (χ4n) is 0.869. The number of anilines is 1. The lowest BCUT2D eigenvalue weighted by molar-refractivity contribution is -0.385. The Bertz CT molecular complexity index is 432. The second kappa shape index (κ2) is 4.90. The highest BCUT2D eigenvalue weighted by molar-refractivity contribution is 5.87. The molecule has 1 heterocycles. The largest absolute Gasteiger partial charge is 0.287 e. The standard InChI is InChI=1S/C11H16N4O2/c1-8(11(2,3)4)13-14-10-6-5-9(7-12-10)15(16)17/h5-7H,1-4H3,(H,12,14)/b13-8-. The van der Waals surface area contributed by atoms with Gasteiger partial charge in [-0.2, -0.15) is 5.10 Å². The van der Waals surface area contributed by atoms with E-state index in [2.05, 4.69) is 36.3 Å². The normalized spacial score (nSPS) is 12.4. The summed E-state index contributed by atoms with van der Waals surface area (Å²) in [7, 11) is 0. The maximum Gasteiger partial charge on any atom is 0.287 e. The van der Waals surface area contributed by atoms with Gasteiger partial charge in [0.2, 0.25) is 0 Å². The predicted molar refractivity (Wildman–Crippen MR) is 67.1 cm³/mol. The van der Waals surface area contributed by atoms with Crippen LogP contribution in [0.2, 0.25) is 0 Å². The third kappa shape index (κ3) is 3.82. The van der Waals surface area contributed by atoms with Crippen molar-refractivity contribution in [1.29, 1.82) is 0 Å². The fourth-order valence-corrected chi connectivity index (χ4v) is 0.869. The van der Waals surface area contributed by atoms with Gasteiger partial charge in [-0.25, -0.2) is 4.98 Å². The number of pyridine rings is 1. The molecule has 0 amide bonds. The van der Waals surface area contributed by atoms with Crippen LogP contribution in [0.4, 0.5) is 11.5 Å². The molecule has 0 unspecified atom stereocenters. The van der Waals surface area contributed by atoms with Crippen molar-refractivity contribution in [2.45, 2.75) is 27.7 Å². The Balaban J connectivity index is 2.74. The van der Waals surface area contributed by atoms with E-state index in [9.17, 15) is 10.1 Å². The number of rotatable bonds is 3. The number of nitro groups is 1. The van der Waals surface area contributed by atoms with Crippen molar-refractivity contribution in [3.05, 3.63) is 28.4 Å². The van der Waals surface area contributed by atoms with Crippen molar-refractivity contribution in [3.8, 4) is 0 Å². The molecule has 0 saturated carbocycles. The van der Waals surface area contributed by atoms with Crippen molar-refractivity contribution < 1.29 is 4.92 Å². The highest BCUT2D eigenvalue weighted by Crippen LogP contribution is 2.16. The van der Waals surface area contributed by atoms with E-state index in [-0.39, 0.29) is 11.1 Å². The molecule has 0 aromatic carbocycles. The Morgan fingerprint density at radius 3 is 2.53 bits per heavy atom. The molecule has 1 rings (SSSR count). The van der Waals surface area contributed by atoms with E-state index in [1.165, 1.54) is 18.3 Å². The van der Waals surface area contributed by atoms with Gasteiger partial charge in [0.15, 0.2) is 0 Å². The van der Waals surface area contributed by atoms with Crippen LogP contribution in [0.3, 0.4) is 0 Å². The molecule has 0 spiro atoms. The Morgan fingerprint density at radius 2 is 2.12 bits per heavy atom. The number of nitrogens with zero attached hydrogens (tertiary/aromatic N) is 3. The Morgan fingerprint density at radius 1 is 1.47 bits per heavy atom. The predicted octanol–water partition coefficient (Wildman–Crippen LogP) is 2.82. The number of aromatic nitrogens is 1. The quantitative estimate of drug-likeness (QED) is 0.497. The molecular weight excluding hydrogens is 220 g/mol. The zero-order chi connectivity index (χ0) is 13.1. The molecule has 0 fully saturated rings. The van der Waals surface area contributed by atoms with E-state index in [1.807, 2.05) is 6.92 Å². The second-order valence-corrected chi connectivity index (χ2v) is 4.72. The average Bonchev–Trinajstić information content (AvgIpc) is 2.25. The Labute approximate surface area is 99.9 Å². The van der Waals surface area contributed by atoms with E-state index in [0.717, 1.165) is 5.71 Å². The smallest absolute Gasteiger partial charge is 0.261 e. The highest BCUT2D eigenvalue weighted by atomic mass is 16.6. The van der Waals surface area contributed by atoms with Gasteiger partial charge < -0.3 is 0 Å². The summed E-state index contributed by atoms with van der Waals surface area (Å²) in [5.41, 5.74) is 3.64. The molecule has 0 atom stereocenters. The molecule has 1 aromatic heterocycles. The molecular formula is C11H16N4O2. The van der Waals surface area contributed by atoms with Crippen LogP contribution in [0.15, 0.2) is 23.4 Å². The van der Waals surface area contributed by atoms with E-state index < -0.39 is 4.92 Å². The fraction of sp³-hybridized carbons (Fsp3) is 0.455.